The highest BCUT2D eigenvalue weighted by molar-refractivity contribution is 6.15. The maximum absolute atomic E-state index is 15.2. The average Bonchev–Trinajstić information content (AvgIpc) is 2.97. The van der Waals surface area contributed by atoms with Crippen LogP contribution in [0.1, 0.15) is 144 Å². The topological polar surface area (TPSA) is 254 Å². The molecule has 0 atom stereocenters. The Hall–Kier alpha value is -5.60. The molecule has 0 fully saturated rings. The van der Waals surface area contributed by atoms with Gasteiger partial charge in [0.15, 0.2) is 5.60 Å². The molecule has 21 heteroatoms. The van der Waals surface area contributed by atoms with Crippen molar-refractivity contribution in [2.24, 2.45) is 0 Å². The van der Waals surface area contributed by atoms with Crippen molar-refractivity contribution in [2.75, 3.05) is 13.2 Å². The number of ether oxygens (including phenoxy) is 8. The van der Waals surface area contributed by atoms with Crippen LogP contribution in [0, 0.1) is 0 Å². The molecule has 0 bridgehead atoms. The molecule has 0 heterocycles. The second kappa shape index (κ2) is 21.2. The zero-order valence-corrected chi connectivity index (χ0v) is 40.2. The van der Waals surface area contributed by atoms with Crippen LogP contribution in [-0.4, -0.2) is 127 Å². The highest BCUT2D eigenvalue weighted by Gasteiger charge is 2.55. The third kappa shape index (κ3) is 21.4. The summed E-state index contributed by atoms with van der Waals surface area (Å²) >= 11 is 0. The summed E-state index contributed by atoms with van der Waals surface area (Å²) in [6, 6.07) is 0. The summed E-state index contributed by atoms with van der Waals surface area (Å²) in [5, 5.41) is 0. The number of imide groups is 9. The van der Waals surface area contributed by atoms with Gasteiger partial charge in [0.25, 0.3) is 5.91 Å². The van der Waals surface area contributed by atoms with E-state index >= 15 is 4.79 Å². The van der Waals surface area contributed by atoms with Gasteiger partial charge in [0.05, 0.1) is 19.4 Å². The number of carbonyl (C=O) groups excluding carboxylic acids is 10. The number of nitrogens with zero attached hydrogens (tertiary/aromatic N) is 3. The number of carbonyl (C=O) groups is 10. The molecular weight excluding hydrogens is 834 g/mol. The lowest BCUT2D eigenvalue weighted by Crippen LogP contribution is -2.61. The molecule has 0 aliphatic heterocycles. The van der Waals surface area contributed by atoms with Gasteiger partial charge in [-0.3, -0.25) is 14.4 Å². The Labute approximate surface area is 369 Å². The van der Waals surface area contributed by atoms with Crippen molar-refractivity contribution in [3.63, 3.8) is 0 Å². The molecular formula is C42H67N3O18. The van der Waals surface area contributed by atoms with E-state index in [1.807, 2.05) is 0 Å². The minimum absolute atomic E-state index is 0.0838. The number of hydrogen-bond acceptors (Lipinski definition) is 18. The Morgan fingerprint density at radius 1 is 0.397 bits per heavy atom. The summed E-state index contributed by atoms with van der Waals surface area (Å²) in [4.78, 5) is 139. The van der Waals surface area contributed by atoms with Gasteiger partial charge in [-0.1, -0.05) is 6.58 Å². The second-order valence-corrected chi connectivity index (χ2v) is 20.1. The largest absolute Gasteiger partial charge is 0.460 e. The molecule has 0 saturated carbocycles. The lowest BCUT2D eigenvalue weighted by molar-refractivity contribution is -0.170. The van der Waals surface area contributed by atoms with E-state index in [0.717, 1.165) is 0 Å². The molecule has 0 saturated heterocycles. The summed E-state index contributed by atoms with van der Waals surface area (Å²) in [6.45, 7) is 28.0. The third-order valence-electron chi connectivity index (χ3n) is 6.46. The molecule has 21 nitrogen and oxygen atoms in total. The van der Waals surface area contributed by atoms with Gasteiger partial charge < -0.3 is 37.9 Å². The van der Waals surface area contributed by atoms with E-state index in [4.69, 9.17) is 37.9 Å². The van der Waals surface area contributed by atoms with Crippen LogP contribution in [0.3, 0.4) is 0 Å². The number of hydrogen-bond donors (Lipinski definition) is 0. The van der Waals surface area contributed by atoms with Crippen molar-refractivity contribution < 1.29 is 85.8 Å². The smallest absolute Gasteiger partial charge is 0.426 e. The lowest BCUT2D eigenvalue weighted by atomic mass is 9.91. The first kappa shape index (κ1) is 57.4. The van der Waals surface area contributed by atoms with Crippen LogP contribution < -0.4 is 0 Å². The molecule has 0 unspecified atom stereocenters. The monoisotopic (exact) mass is 901 g/mol. The molecule has 0 aromatic rings. The number of rotatable bonds is 10. The molecule has 0 aromatic heterocycles. The van der Waals surface area contributed by atoms with Gasteiger partial charge in [0, 0.05) is 5.57 Å². The Morgan fingerprint density at radius 2 is 0.635 bits per heavy atom. The summed E-state index contributed by atoms with van der Waals surface area (Å²) in [5.74, 6) is -6.32. The van der Waals surface area contributed by atoms with Gasteiger partial charge in [-0.05, 0) is 132 Å². The van der Waals surface area contributed by atoms with Crippen LogP contribution in [0.5, 0.6) is 0 Å². The van der Waals surface area contributed by atoms with Gasteiger partial charge in [0.2, 0.25) is 11.8 Å². The third-order valence-corrected chi connectivity index (χ3v) is 6.46. The molecule has 0 aliphatic carbocycles. The van der Waals surface area contributed by atoms with Crippen LogP contribution in [0.2, 0.25) is 0 Å². The molecule has 0 radical (unpaired) electrons. The standard InChI is InChI=1S/C42H67N3O18/c1-25(2)28(48)56-21-22-57-42(29(49)45(34(54)62-40(15,16)17)35(55)63-41(18,19)20,23-26(46)43(30(50)58-36(3,4)5)31(51)59-37(6,7)8)24-27(47)44(32(52)60-38(9,10)11)33(53)61-39(12,13)14/h1,21-24H2,2-20H3. The van der Waals surface area contributed by atoms with Crippen molar-refractivity contribution in [2.45, 2.75) is 184 Å². The second-order valence-electron chi connectivity index (χ2n) is 20.1. The van der Waals surface area contributed by atoms with E-state index in [2.05, 4.69) is 6.58 Å². The minimum Gasteiger partial charge on any atom is -0.460 e. The van der Waals surface area contributed by atoms with Gasteiger partial charge in [-0.15, -0.1) is 14.7 Å². The zero-order chi connectivity index (χ0) is 50.1. The highest BCUT2D eigenvalue weighted by atomic mass is 16.6. The first-order chi connectivity index (χ1) is 27.9. The molecule has 0 aromatic carbocycles. The maximum Gasteiger partial charge on any atom is 0.426 e. The lowest BCUT2D eigenvalue weighted by Gasteiger charge is -2.37. The Kier molecular flexibility index (Phi) is 19.3. The van der Waals surface area contributed by atoms with E-state index < -0.39 is 126 Å². The summed E-state index contributed by atoms with van der Waals surface area (Å²) < 4.78 is 42.9. The van der Waals surface area contributed by atoms with Gasteiger partial charge >= 0.3 is 42.5 Å². The fourth-order valence-corrected chi connectivity index (χ4v) is 4.36. The molecule has 358 valence electrons. The van der Waals surface area contributed by atoms with Crippen LogP contribution in [0.25, 0.3) is 0 Å². The van der Waals surface area contributed by atoms with Crippen molar-refractivity contribution in [1.29, 1.82) is 0 Å². The van der Waals surface area contributed by atoms with E-state index in [1.54, 1.807) is 0 Å². The van der Waals surface area contributed by atoms with E-state index in [9.17, 15) is 43.2 Å². The molecule has 0 aliphatic rings. The molecule has 0 N–H and O–H groups in total. The van der Waals surface area contributed by atoms with Crippen molar-refractivity contribution >= 4 is 60.3 Å². The van der Waals surface area contributed by atoms with Crippen LogP contribution in [0.4, 0.5) is 28.8 Å². The van der Waals surface area contributed by atoms with Crippen molar-refractivity contribution in [3.05, 3.63) is 12.2 Å². The predicted octanol–water partition coefficient (Wildman–Crippen LogP) is 7.74. The van der Waals surface area contributed by atoms with Crippen molar-refractivity contribution in [3.8, 4) is 0 Å². The fraction of sp³-hybridized carbons (Fsp3) is 0.714. The van der Waals surface area contributed by atoms with Crippen LogP contribution in [-0.2, 0) is 57.1 Å². The van der Waals surface area contributed by atoms with Gasteiger partial charge in [0.1, 0.15) is 40.2 Å². The first-order valence-corrected chi connectivity index (χ1v) is 19.8. The van der Waals surface area contributed by atoms with Crippen LogP contribution >= 0.6 is 0 Å². The predicted molar refractivity (Wildman–Crippen MR) is 222 cm³/mol. The molecule has 63 heavy (non-hydrogen) atoms. The molecule has 0 spiro atoms. The average molecular weight is 902 g/mol. The van der Waals surface area contributed by atoms with E-state index in [-0.39, 0.29) is 20.3 Å². The van der Waals surface area contributed by atoms with Gasteiger partial charge in [-0.2, -0.15) is 0 Å². The van der Waals surface area contributed by atoms with Crippen molar-refractivity contribution in [1.82, 2.24) is 14.7 Å². The number of esters is 1. The summed E-state index contributed by atoms with van der Waals surface area (Å²) in [5.41, 5.74) is -11.8. The van der Waals surface area contributed by atoms with Crippen LogP contribution in [0.15, 0.2) is 12.2 Å². The zero-order valence-electron chi connectivity index (χ0n) is 40.2. The maximum atomic E-state index is 15.2. The first-order valence-electron chi connectivity index (χ1n) is 19.8. The summed E-state index contributed by atoms with van der Waals surface area (Å²) in [6.07, 6.45) is -13.4. The normalized spacial score (nSPS) is 12.4. The summed E-state index contributed by atoms with van der Waals surface area (Å²) in [7, 11) is 0. The SMILES string of the molecule is C=C(C)C(=O)OCCOC(CC(=O)N(C(=O)OC(C)(C)C)C(=O)OC(C)(C)C)(CC(=O)N(C(=O)OC(C)(C)C)C(=O)OC(C)(C)C)C(=O)N(C(=O)OC(C)(C)C)C(=O)OC(C)(C)C. The minimum atomic E-state index is -3.36. The highest BCUT2D eigenvalue weighted by Crippen LogP contribution is 2.31. The quantitative estimate of drug-likeness (QED) is 0.0879. The fourth-order valence-electron chi connectivity index (χ4n) is 4.36. The molecule has 9 amide bonds. The van der Waals surface area contributed by atoms with E-state index in [0.29, 0.717) is 0 Å². The van der Waals surface area contributed by atoms with E-state index in [1.165, 1.54) is 132 Å². The Morgan fingerprint density at radius 3 is 0.857 bits per heavy atom. The Bertz CT molecular complexity index is 1620. The number of amides is 9. The van der Waals surface area contributed by atoms with Gasteiger partial charge in [-0.25, -0.2) is 33.6 Å². The Balaban J connectivity index is 8.63. The molecule has 0 rings (SSSR count).